The summed E-state index contributed by atoms with van der Waals surface area (Å²) in [4.78, 5) is 0. The second-order valence-electron chi connectivity index (χ2n) is 3.36. The lowest BCUT2D eigenvalue weighted by molar-refractivity contribution is -0.0131. The van der Waals surface area contributed by atoms with Crippen LogP contribution < -0.4 is 0 Å². The van der Waals surface area contributed by atoms with Gasteiger partial charge in [-0.05, 0) is 13.3 Å². The highest BCUT2D eigenvalue weighted by Gasteiger charge is 2.16. The topological polar surface area (TPSA) is 60.7 Å². The maximum absolute atomic E-state index is 9.34. The van der Waals surface area contributed by atoms with E-state index in [0.717, 1.165) is 12.8 Å². The highest BCUT2D eigenvalue weighted by atomic mass is 16.3. The van der Waals surface area contributed by atoms with Crippen molar-refractivity contribution in [3.8, 4) is 0 Å². The molecule has 0 aliphatic rings. The third kappa shape index (κ3) is 5.52. The first-order valence-corrected chi connectivity index (χ1v) is 4.62. The van der Waals surface area contributed by atoms with Gasteiger partial charge in [-0.2, -0.15) is 0 Å². The molecule has 0 aliphatic heterocycles. The van der Waals surface area contributed by atoms with Crippen LogP contribution in [0.2, 0.25) is 0 Å². The highest BCUT2D eigenvalue weighted by molar-refractivity contribution is 4.69. The molecule has 0 rings (SSSR count). The zero-order valence-electron chi connectivity index (χ0n) is 7.90. The minimum atomic E-state index is -0.781. The van der Waals surface area contributed by atoms with Crippen molar-refractivity contribution in [2.45, 2.75) is 57.8 Å². The molecule has 12 heavy (non-hydrogen) atoms. The molecule has 3 N–H and O–H groups in total. The van der Waals surface area contributed by atoms with Crippen LogP contribution in [-0.4, -0.2) is 33.6 Å². The lowest BCUT2D eigenvalue weighted by Gasteiger charge is -2.18. The summed E-state index contributed by atoms with van der Waals surface area (Å²) in [7, 11) is 0. The predicted octanol–water partition coefficient (Wildman–Crippen LogP) is 0.669. The lowest BCUT2D eigenvalue weighted by Crippen LogP contribution is -2.29. The average Bonchev–Trinajstić information content (AvgIpc) is 1.98. The van der Waals surface area contributed by atoms with E-state index >= 15 is 0 Å². The summed E-state index contributed by atoms with van der Waals surface area (Å²) in [6.45, 7) is 3.64. The van der Waals surface area contributed by atoms with E-state index < -0.39 is 18.3 Å². The first-order valence-electron chi connectivity index (χ1n) is 4.62. The van der Waals surface area contributed by atoms with Crippen LogP contribution in [0.4, 0.5) is 0 Å². The summed E-state index contributed by atoms with van der Waals surface area (Å²) in [6, 6.07) is 0. The fourth-order valence-electron chi connectivity index (χ4n) is 1.11. The van der Waals surface area contributed by atoms with Crippen LogP contribution >= 0.6 is 0 Å². The Morgan fingerprint density at radius 2 is 1.67 bits per heavy atom. The van der Waals surface area contributed by atoms with E-state index in [1.54, 1.807) is 6.92 Å². The summed E-state index contributed by atoms with van der Waals surface area (Å²) < 4.78 is 0. The van der Waals surface area contributed by atoms with Crippen LogP contribution in [0, 0.1) is 0 Å². The van der Waals surface area contributed by atoms with Gasteiger partial charge in [-0.25, -0.2) is 0 Å². The molecule has 0 amide bonds. The van der Waals surface area contributed by atoms with E-state index in [9.17, 15) is 10.2 Å². The molecule has 74 valence electrons. The van der Waals surface area contributed by atoms with Gasteiger partial charge in [0, 0.05) is 6.42 Å². The van der Waals surface area contributed by atoms with Crippen LogP contribution in [0.3, 0.4) is 0 Å². The summed E-state index contributed by atoms with van der Waals surface area (Å²) in [5.74, 6) is 0. The van der Waals surface area contributed by atoms with Gasteiger partial charge >= 0.3 is 0 Å². The van der Waals surface area contributed by atoms with Crippen LogP contribution in [0.15, 0.2) is 0 Å². The minimum Gasteiger partial charge on any atom is -0.393 e. The van der Waals surface area contributed by atoms with E-state index in [1.165, 1.54) is 0 Å². The maximum Gasteiger partial charge on any atom is 0.0823 e. The van der Waals surface area contributed by atoms with Crippen molar-refractivity contribution in [3.63, 3.8) is 0 Å². The van der Waals surface area contributed by atoms with Crippen molar-refractivity contribution in [2.75, 3.05) is 0 Å². The number of rotatable bonds is 6. The molecule has 3 unspecified atom stereocenters. The quantitative estimate of drug-likeness (QED) is 0.557. The smallest absolute Gasteiger partial charge is 0.0823 e. The Hall–Kier alpha value is -0.120. The third-order valence-electron chi connectivity index (χ3n) is 1.88. The SMILES string of the molecule is CCCCC(O)C(O)CC(C)O. The van der Waals surface area contributed by atoms with Crippen molar-refractivity contribution in [2.24, 2.45) is 0 Å². The Kier molecular flexibility index (Phi) is 6.34. The van der Waals surface area contributed by atoms with Gasteiger partial charge in [0.1, 0.15) is 0 Å². The van der Waals surface area contributed by atoms with Gasteiger partial charge in [-0.15, -0.1) is 0 Å². The van der Waals surface area contributed by atoms with Gasteiger partial charge in [-0.1, -0.05) is 19.8 Å². The molecule has 0 saturated carbocycles. The average molecular weight is 176 g/mol. The molecule has 0 saturated heterocycles. The van der Waals surface area contributed by atoms with Gasteiger partial charge in [0.15, 0.2) is 0 Å². The molecule has 0 aromatic heterocycles. The number of aliphatic hydroxyl groups excluding tert-OH is 3. The first kappa shape index (κ1) is 11.9. The minimum absolute atomic E-state index is 0.255. The van der Waals surface area contributed by atoms with Crippen LogP contribution in [0.1, 0.15) is 39.5 Å². The summed E-state index contributed by atoms with van der Waals surface area (Å²) >= 11 is 0. The van der Waals surface area contributed by atoms with Crippen LogP contribution in [0.5, 0.6) is 0 Å². The van der Waals surface area contributed by atoms with Gasteiger partial charge in [0.25, 0.3) is 0 Å². The van der Waals surface area contributed by atoms with Crippen LogP contribution in [0.25, 0.3) is 0 Å². The van der Waals surface area contributed by atoms with Gasteiger partial charge in [0.05, 0.1) is 18.3 Å². The highest BCUT2D eigenvalue weighted by Crippen LogP contribution is 2.09. The van der Waals surface area contributed by atoms with E-state index in [4.69, 9.17) is 5.11 Å². The van der Waals surface area contributed by atoms with Gasteiger partial charge in [0.2, 0.25) is 0 Å². The van der Waals surface area contributed by atoms with Crippen molar-refractivity contribution < 1.29 is 15.3 Å². The largest absolute Gasteiger partial charge is 0.393 e. The molecule has 3 heteroatoms. The van der Waals surface area contributed by atoms with E-state index in [0.29, 0.717) is 6.42 Å². The second kappa shape index (κ2) is 6.40. The molecule has 0 aromatic carbocycles. The number of hydrogen-bond donors (Lipinski definition) is 3. The lowest BCUT2D eigenvalue weighted by atomic mass is 10.0. The van der Waals surface area contributed by atoms with Crippen molar-refractivity contribution in [3.05, 3.63) is 0 Å². The number of unbranched alkanes of at least 4 members (excludes halogenated alkanes) is 1. The zero-order valence-corrected chi connectivity index (χ0v) is 7.90. The molecule has 0 aliphatic carbocycles. The molecule has 0 radical (unpaired) electrons. The normalized spacial score (nSPS) is 18.8. The molecular weight excluding hydrogens is 156 g/mol. The zero-order chi connectivity index (χ0) is 9.56. The van der Waals surface area contributed by atoms with E-state index in [1.807, 2.05) is 6.92 Å². The summed E-state index contributed by atoms with van der Waals surface area (Å²) in [6.07, 6.45) is 0.790. The standard InChI is InChI=1S/C9H20O3/c1-3-4-5-8(11)9(12)6-7(2)10/h7-12H,3-6H2,1-2H3. The number of aliphatic hydroxyl groups is 3. The maximum atomic E-state index is 9.34. The molecule has 3 atom stereocenters. The molecule has 0 fully saturated rings. The predicted molar refractivity (Wildman–Crippen MR) is 47.8 cm³/mol. The fourth-order valence-corrected chi connectivity index (χ4v) is 1.11. The van der Waals surface area contributed by atoms with Crippen molar-refractivity contribution in [1.29, 1.82) is 0 Å². The Morgan fingerprint density at radius 3 is 2.08 bits per heavy atom. The molecule has 0 heterocycles. The Balaban J connectivity index is 3.53. The monoisotopic (exact) mass is 176 g/mol. The first-order chi connectivity index (χ1) is 5.57. The van der Waals surface area contributed by atoms with E-state index in [-0.39, 0.29) is 6.42 Å². The van der Waals surface area contributed by atoms with Gasteiger partial charge in [-0.3, -0.25) is 0 Å². The van der Waals surface area contributed by atoms with E-state index in [2.05, 4.69) is 0 Å². The summed E-state index contributed by atoms with van der Waals surface area (Å²) in [5, 5.41) is 27.6. The van der Waals surface area contributed by atoms with Crippen molar-refractivity contribution in [1.82, 2.24) is 0 Å². The second-order valence-corrected chi connectivity index (χ2v) is 3.36. The molecule has 3 nitrogen and oxygen atoms in total. The Labute approximate surface area is 74.0 Å². The Bertz CT molecular complexity index is 104. The third-order valence-corrected chi connectivity index (χ3v) is 1.88. The van der Waals surface area contributed by atoms with Crippen LogP contribution in [-0.2, 0) is 0 Å². The van der Waals surface area contributed by atoms with Gasteiger partial charge < -0.3 is 15.3 Å². The molecule has 0 bridgehead atoms. The number of hydrogen-bond acceptors (Lipinski definition) is 3. The summed E-state index contributed by atoms with van der Waals surface area (Å²) in [5.41, 5.74) is 0. The molecular formula is C9H20O3. The molecule has 0 spiro atoms. The molecule has 0 aromatic rings. The Morgan fingerprint density at radius 1 is 1.08 bits per heavy atom. The van der Waals surface area contributed by atoms with Crippen molar-refractivity contribution >= 4 is 0 Å². The fraction of sp³-hybridized carbons (Fsp3) is 1.00.